The highest BCUT2D eigenvalue weighted by Crippen LogP contribution is 2.20. The molecule has 1 N–H and O–H groups in total. The molecule has 3 rings (SSSR count). The Hall–Kier alpha value is -2.06. The summed E-state index contributed by atoms with van der Waals surface area (Å²) in [6, 6.07) is 7.52. The number of anilines is 1. The summed E-state index contributed by atoms with van der Waals surface area (Å²) in [5, 5.41) is 0. The van der Waals surface area contributed by atoms with E-state index in [1.54, 1.807) is 12.4 Å². The number of nitrogens with one attached hydrogen (secondary N) is 1. The standard InChI is InChI=1S/C15H19N5O2S/c1-23(21,22)19-12-6-10-20(11-7-12)15-17-9-5-14(18-15)13-4-2-3-8-16-13/h2-5,8-9,12,19H,6-7,10-11H2,1H3. The molecule has 3 heterocycles. The van der Waals surface area contributed by atoms with Gasteiger partial charge in [-0.2, -0.15) is 0 Å². The van der Waals surface area contributed by atoms with Crippen molar-refractivity contribution in [1.29, 1.82) is 0 Å². The SMILES string of the molecule is CS(=O)(=O)NC1CCN(c2nccc(-c3ccccn3)n2)CC1. The van der Waals surface area contributed by atoms with Gasteiger partial charge in [0.1, 0.15) is 0 Å². The van der Waals surface area contributed by atoms with E-state index >= 15 is 0 Å². The number of sulfonamides is 1. The average Bonchev–Trinajstić information content (AvgIpc) is 2.55. The van der Waals surface area contributed by atoms with Crippen LogP contribution in [0.3, 0.4) is 0 Å². The molecule has 2 aromatic rings. The van der Waals surface area contributed by atoms with E-state index in [1.807, 2.05) is 24.3 Å². The molecule has 1 aliphatic heterocycles. The van der Waals surface area contributed by atoms with E-state index in [1.165, 1.54) is 6.26 Å². The zero-order valence-electron chi connectivity index (χ0n) is 12.9. The molecule has 1 aliphatic rings. The van der Waals surface area contributed by atoms with E-state index in [-0.39, 0.29) is 6.04 Å². The summed E-state index contributed by atoms with van der Waals surface area (Å²) in [6.07, 6.45) is 6.14. The van der Waals surface area contributed by atoms with Crippen molar-refractivity contribution in [2.75, 3.05) is 24.2 Å². The average molecular weight is 333 g/mol. The van der Waals surface area contributed by atoms with Crippen molar-refractivity contribution >= 4 is 16.0 Å². The molecule has 0 radical (unpaired) electrons. The Morgan fingerprint density at radius 3 is 2.52 bits per heavy atom. The van der Waals surface area contributed by atoms with Crippen molar-refractivity contribution in [3.8, 4) is 11.4 Å². The molecular weight excluding hydrogens is 314 g/mol. The van der Waals surface area contributed by atoms with Crippen LogP contribution in [0.2, 0.25) is 0 Å². The quantitative estimate of drug-likeness (QED) is 0.900. The van der Waals surface area contributed by atoms with Gasteiger partial charge >= 0.3 is 0 Å². The molecule has 1 saturated heterocycles. The van der Waals surface area contributed by atoms with Gasteiger partial charge in [-0.15, -0.1) is 0 Å². The Morgan fingerprint density at radius 1 is 1.09 bits per heavy atom. The van der Waals surface area contributed by atoms with Crippen molar-refractivity contribution in [3.05, 3.63) is 36.7 Å². The van der Waals surface area contributed by atoms with Gasteiger partial charge < -0.3 is 4.90 Å². The fourth-order valence-electron chi connectivity index (χ4n) is 2.66. The van der Waals surface area contributed by atoms with Crippen molar-refractivity contribution in [2.24, 2.45) is 0 Å². The van der Waals surface area contributed by atoms with E-state index in [0.29, 0.717) is 5.95 Å². The molecule has 0 saturated carbocycles. The van der Waals surface area contributed by atoms with Crippen LogP contribution in [0.4, 0.5) is 5.95 Å². The Labute approximate surface area is 135 Å². The maximum atomic E-state index is 11.3. The number of rotatable bonds is 4. The Balaban J connectivity index is 1.69. The van der Waals surface area contributed by atoms with E-state index in [4.69, 9.17) is 0 Å². The molecule has 0 unspecified atom stereocenters. The van der Waals surface area contributed by atoms with Gasteiger partial charge in [0.25, 0.3) is 0 Å². The predicted octanol–water partition coefficient (Wildman–Crippen LogP) is 1.06. The van der Waals surface area contributed by atoms with E-state index in [9.17, 15) is 8.42 Å². The Bertz CT molecular complexity index is 758. The topological polar surface area (TPSA) is 88.1 Å². The van der Waals surface area contributed by atoms with Gasteiger partial charge in [0.15, 0.2) is 0 Å². The first kappa shape index (κ1) is 15.8. The van der Waals surface area contributed by atoms with Gasteiger partial charge in [-0.3, -0.25) is 4.98 Å². The van der Waals surface area contributed by atoms with E-state index in [0.717, 1.165) is 37.3 Å². The van der Waals surface area contributed by atoms with Crippen LogP contribution >= 0.6 is 0 Å². The Kier molecular flexibility index (Phi) is 4.53. The van der Waals surface area contributed by atoms with Crippen molar-refractivity contribution in [2.45, 2.75) is 18.9 Å². The minimum absolute atomic E-state index is 0.0137. The molecule has 23 heavy (non-hydrogen) atoms. The lowest BCUT2D eigenvalue weighted by Crippen LogP contribution is -2.44. The van der Waals surface area contributed by atoms with Gasteiger partial charge in [0, 0.05) is 31.5 Å². The molecule has 0 aliphatic carbocycles. The summed E-state index contributed by atoms with van der Waals surface area (Å²) in [6.45, 7) is 1.44. The maximum Gasteiger partial charge on any atom is 0.225 e. The summed E-state index contributed by atoms with van der Waals surface area (Å²) >= 11 is 0. The summed E-state index contributed by atoms with van der Waals surface area (Å²) in [5.41, 5.74) is 1.59. The molecule has 0 aromatic carbocycles. The van der Waals surface area contributed by atoms with Crippen LogP contribution in [0.5, 0.6) is 0 Å². The lowest BCUT2D eigenvalue weighted by Gasteiger charge is -2.32. The maximum absolute atomic E-state index is 11.3. The van der Waals surface area contributed by atoms with Crippen LogP contribution in [0, 0.1) is 0 Å². The van der Waals surface area contributed by atoms with Gasteiger partial charge in [-0.25, -0.2) is 23.1 Å². The highest BCUT2D eigenvalue weighted by atomic mass is 32.2. The highest BCUT2D eigenvalue weighted by molar-refractivity contribution is 7.88. The zero-order valence-corrected chi connectivity index (χ0v) is 13.7. The number of nitrogens with zero attached hydrogens (tertiary/aromatic N) is 4. The number of piperidine rings is 1. The fourth-order valence-corrected chi connectivity index (χ4v) is 3.50. The lowest BCUT2D eigenvalue weighted by atomic mass is 10.1. The first-order valence-corrected chi connectivity index (χ1v) is 9.37. The third-order valence-electron chi connectivity index (χ3n) is 3.73. The molecule has 122 valence electrons. The molecule has 0 bridgehead atoms. The van der Waals surface area contributed by atoms with Gasteiger partial charge in [-0.1, -0.05) is 6.07 Å². The van der Waals surface area contributed by atoms with Crippen molar-refractivity contribution in [3.63, 3.8) is 0 Å². The molecule has 0 spiro atoms. The minimum atomic E-state index is -3.16. The first-order valence-electron chi connectivity index (χ1n) is 7.48. The van der Waals surface area contributed by atoms with Crippen LogP contribution in [0.1, 0.15) is 12.8 Å². The molecule has 2 aromatic heterocycles. The lowest BCUT2D eigenvalue weighted by molar-refractivity contribution is 0.458. The molecule has 0 amide bonds. The second-order valence-corrected chi connectivity index (χ2v) is 7.39. The summed E-state index contributed by atoms with van der Waals surface area (Å²) in [4.78, 5) is 15.3. The Morgan fingerprint density at radius 2 is 1.87 bits per heavy atom. The van der Waals surface area contributed by atoms with E-state index in [2.05, 4.69) is 24.6 Å². The van der Waals surface area contributed by atoms with Gasteiger partial charge in [-0.05, 0) is 31.0 Å². The monoisotopic (exact) mass is 333 g/mol. The third kappa shape index (κ3) is 4.23. The fraction of sp³-hybridized carbons (Fsp3) is 0.400. The van der Waals surface area contributed by atoms with Crippen molar-refractivity contribution in [1.82, 2.24) is 19.7 Å². The predicted molar refractivity (Wildman–Crippen MR) is 88.5 cm³/mol. The highest BCUT2D eigenvalue weighted by Gasteiger charge is 2.23. The number of hydrogen-bond donors (Lipinski definition) is 1. The summed E-state index contributed by atoms with van der Waals surface area (Å²) in [5.74, 6) is 0.658. The molecule has 1 fully saturated rings. The third-order valence-corrected chi connectivity index (χ3v) is 4.49. The summed E-state index contributed by atoms with van der Waals surface area (Å²) < 4.78 is 25.3. The van der Waals surface area contributed by atoms with Gasteiger partial charge in [0.2, 0.25) is 16.0 Å². The van der Waals surface area contributed by atoms with Crippen LogP contribution in [0.25, 0.3) is 11.4 Å². The molecule has 0 atom stereocenters. The summed E-state index contributed by atoms with van der Waals surface area (Å²) in [7, 11) is -3.16. The first-order chi connectivity index (χ1) is 11.0. The smallest absolute Gasteiger partial charge is 0.225 e. The van der Waals surface area contributed by atoms with Crippen LogP contribution in [0.15, 0.2) is 36.7 Å². The van der Waals surface area contributed by atoms with Crippen molar-refractivity contribution < 1.29 is 8.42 Å². The second kappa shape index (κ2) is 6.59. The van der Waals surface area contributed by atoms with Crippen LogP contribution in [-0.2, 0) is 10.0 Å². The molecular formula is C15H19N5O2S. The normalized spacial score (nSPS) is 16.5. The largest absolute Gasteiger partial charge is 0.341 e. The van der Waals surface area contributed by atoms with E-state index < -0.39 is 10.0 Å². The molecule has 8 heteroatoms. The van der Waals surface area contributed by atoms with Gasteiger partial charge in [0.05, 0.1) is 17.6 Å². The molecule has 7 nitrogen and oxygen atoms in total. The number of pyridine rings is 1. The number of aromatic nitrogens is 3. The minimum Gasteiger partial charge on any atom is -0.341 e. The number of hydrogen-bond acceptors (Lipinski definition) is 6. The van der Waals surface area contributed by atoms with Crippen LogP contribution < -0.4 is 9.62 Å². The van der Waals surface area contributed by atoms with Crippen LogP contribution in [-0.4, -0.2) is 48.8 Å². The zero-order chi connectivity index (χ0) is 16.3. The second-order valence-electron chi connectivity index (χ2n) is 5.61.